The average molecular weight is 447 g/mol. The summed E-state index contributed by atoms with van der Waals surface area (Å²) in [6.45, 7) is 7.48. The van der Waals surface area contributed by atoms with E-state index in [-0.39, 0.29) is 17.7 Å². The lowest BCUT2D eigenvalue weighted by Gasteiger charge is -2.46. The Bertz CT molecular complexity index is 1050. The van der Waals surface area contributed by atoms with E-state index in [1.807, 2.05) is 37.4 Å². The van der Waals surface area contributed by atoms with E-state index >= 15 is 0 Å². The van der Waals surface area contributed by atoms with Gasteiger partial charge in [-0.1, -0.05) is 48.5 Å². The molecule has 2 aliphatic heterocycles. The van der Waals surface area contributed by atoms with Gasteiger partial charge in [0.25, 0.3) is 0 Å². The lowest BCUT2D eigenvalue weighted by Crippen LogP contribution is -2.68. The Morgan fingerprint density at radius 3 is 2.79 bits per heavy atom. The van der Waals surface area contributed by atoms with Crippen molar-refractivity contribution in [1.82, 2.24) is 21.3 Å². The number of aliphatic carboxylic acids is 1. The molecule has 174 valence electrons. The highest BCUT2D eigenvalue weighted by Crippen LogP contribution is 2.26. The Morgan fingerprint density at radius 2 is 2.03 bits per heavy atom. The van der Waals surface area contributed by atoms with Crippen LogP contribution < -0.4 is 21.3 Å². The Morgan fingerprint density at radius 1 is 1.24 bits per heavy atom. The van der Waals surface area contributed by atoms with Crippen LogP contribution in [0.15, 0.2) is 72.6 Å². The molecule has 1 saturated heterocycles. The van der Waals surface area contributed by atoms with Crippen molar-refractivity contribution in [1.29, 1.82) is 0 Å². The molecular weight excluding hydrogens is 412 g/mol. The molecule has 2 unspecified atom stereocenters. The first-order valence-corrected chi connectivity index (χ1v) is 11.6. The van der Waals surface area contributed by atoms with Gasteiger partial charge in [-0.15, -0.1) is 0 Å². The van der Waals surface area contributed by atoms with Gasteiger partial charge in [-0.05, 0) is 74.3 Å². The zero-order valence-electron chi connectivity index (χ0n) is 19.6. The first-order valence-electron chi connectivity index (χ1n) is 11.6. The molecule has 2 heterocycles. The van der Waals surface area contributed by atoms with Crippen LogP contribution in [0, 0.1) is 6.92 Å². The van der Waals surface area contributed by atoms with Crippen molar-refractivity contribution < 1.29 is 9.90 Å². The number of rotatable bonds is 8. The Labute approximate surface area is 196 Å². The minimum atomic E-state index is -0.790. The van der Waals surface area contributed by atoms with Gasteiger partial charge in [-0.3, -0.25) is 10.1 Å². The summed E-state index contributed by atoms with van der Waals surface area (Å²) in [6.07, 6.45) is 6.92. The van der Waals surface area contributed by atoms with Crippen molar-refractivity contribution in [3.05, 3.63) is 94.8 Å². The topological polar surface area (TPSA) is 85.4 Å². The number of carboxylic acids is 1. The molecule has 2 aromatic rings. The van der Waals surface area contributed by atoms with Crippen LogP contribution in [0.3, 0.4) is 0 Å². The molecule has 0 aromatic heterocycles. The molecule has 0 radical (unpaired) electrons. The minimum Gasteiger partial charge on any atom is -0.481 e. The van der Waals surface area contributed by atoms with Crippen LogP contribution in [0.4, 0.5) is 0 Å². The number of piperazine rings is 1. The van der Waals surface area contributed by atoms with Gasteiger partial charge in [0, 0.05) is 18.6 Å². The molecule has 0 saturated carbocycles. The number of nitrogens with one attached hydrogen (secondary N) is 4. The number of carbonyl (C=O) groups is 1. The Hall–Kier alpha value is -3.09. The van der Waals surface area contributed by atoms with Crippen molar-refractivity contribution in [2.24, 2.45) is 0 Å². The second-order valence-electron chi connectivity index (χ2n) is 9.18. The summed E-state index contributed by atoms with van der Waals surface area (Å²) in [6, 6.07) is 17.0. The highest BCUT2D eigenvalue weighted by atomic mass is 16.4. The second kappa shape index (κ2) is 9.81. The van der Waals surface area contributed by atoms with Gasteiger partial charge in [0.1, 0.15) is 5.66 Å². The van der Waals surface area contributed by atoms with Crippen molar-refractivity contribution in [2.75, 3.05) is 13.1 Å². The number of hydrogen-bond acceptors (Lipinski definition) is 5. The SMILES string of the molecule is Cc1ccc(CCN[C@H](c2ccccc2)[C@H]2CNC3=CC=CNC3(C)N2)cc1C(C)C(=O)O. The predicted octanol–water partition coefficient (Wildman–Crippen LogP) is 3.33. The Balaban J connectivity index is 1.48. The molecular formula is C27H34N4O2. The number of dihydropyridines is 1. The third-order valence-electron chi connectivity index (χ3n) is 6.78. The summed E-state index contributed by atoms with van der Waals surface area (Å²) in [7, 11) is 0. The fraction of sp³-hybridized carbons (Fsp3) is 0.370. The number of hydrogen-bond donors (Lipinski definition) is 5. The predicted molar refractivity (Wildman–Crippen MR) is 132 cm³/mol. The molecule has 5 N–H and O–H groups in total. The Kier molecular flexibility index (Phi) is 6.86. The van der Waals surface area contributed by atoms with Gasteiger partial charge in [0.2, 0.25) is 0 Å². The minimum absolute atomic E-state index is 0.118. The van der Waals surface area contributed by atoms with E-state index in [9.17, 15) is 9.90 Å². The van der Waals surface area contributed by atoms with Crippen LogP contribution in [-0.2, 0) is 11.2 Å². The first kappa shape index (κ1) is 23.1. The monoisotopic (exact) mass is 446 g/mol. The van der Waals surface area contributed by atoms with Gasteiger partial charge >= 0.3 is 5.97 Å². The summed E-state index contributed by atoms with van der Waals surface area (Å²) >= 11 is 0. The third kappa shape index (κ3) is 5.13. The maximum Gasteiger partial charge on any atom is 0.310 e. The second-order valence-corrected chi connectivity index (χ2v) is 9.18. The van der Waals surface area contributed by atoms with Crippen LogP contribution >= 0.6 is 0 Å². The van der Waals surface area contributed by atoms with Gasteiger partial charge in [0.05, 0.1) is 11.6 Å². The van der Waals surface area contributed by atoms with Crippen LogP contribution in [0.2, 0.25) is 0 Å². The maximum absolute atomic E-state index is 11.5. The molecule has 2 aromatic carbocycles. The van der Waals surface area contributed by atoms with Crippen LogP contribution in [-0.4, -0.2) is 35.9 Å². The molecule has 0 aliphatic carbocycles. The summed E-state index contributed by atoms with van der Waals surface area (Å²) in [4.78, 5) is 11.5. The third-order valence-corrected chi connectivity index (χ3v) is 6.78. The summed E-state index contributed by atoms with van der Waals surface area (Å²) in [5.74, 6) is -1.30. The number of aryl methyl sites for hydroxylation is 1. The molecule has 2 aliphatic rings. The lowest BCUT2D eigenvalue weighted by atomic mass is 9.92. The quantitative estimate of drug-likeness (QED) is 0.428. The largest absolute Gasteiger partial charge is 0.481 e. The number of carboxylic acid groups (broad SMARTS) is 1. The normalized spacial score (nSPS) is 23.5. The van der Waals surface area contributed by atoms with E-state index in [0.29, 0.717) is 0 Å². The molecule has 1 fully saturated rings. The smallest absolute Gasteiger partial charge is 0.310 e. The van der Waals surface area contributed by atoms with E-state index in [2.05, 4.69) is 64.6 Å². The zero-order valence-corrected chi connectivity index (χ0v) is 19.6. The zero-order chi connectivity index (χ0) is 23.4. The summed E-state index contributed by atoms with van der Waals surface area (Å²) < 4.78 is 0. The van der Waals surface area contributed by atoms with Crippen LogP contribution in [0.25, 0.3) is 0 Å². The molecule has 4 rings (SSSR count). The molecule has 6 heteroatoms. The summed E-state index contributed by atoms with van der Waals surface area (Å²) in [5, 5.41) is 24.1. The molecule has 0 spiro atoms. The number of allylic oxidation sites excluding steroid dienone is 2. The molecule has 4 atom stereocenters. The molecule has 6 nitrogen and oxygen atoms in total. The standard InChI is InChI=1S/C27H34N4O2/c1-18-11-12-20(16-22(18)19(2)26(32)33)13-15-28-25(21-8-5-4-6-9-21)23-17-29-24-10-7-14-30-27(24,3)31-23/h4-12,14,16,19,23,25,28-31H,13,15,17H2,1-3H3,(H,32,33)/t19?,23-,25-,27?/m1/s1. The highest BCUT2D eigenvalue weighted by molar-refractivity contribution is 5.76. The van der Waals surface area contributed by atoms with E-state index in [0.717, 1.165) is 41.9 Å². The van der Waals surface area contributed by atoms with Crippen LogP contribution in [0.5, 0.6) is 0 Å². The molecule has 0 amide bonds. The molecule has 0 bridgehead atoms. The van der Waals surface area contributed by atoms with Crippen molar-refractivity contribution in [2.45, 2.75) is 50.9 Å². The van der Waals surface area contributed by atoms with E-state index in [1.54, 1.807) is 6.92 Å². The number of fused-ring (bicyclic) bond motifs is 1. The van der Waals surface area contributed by atoms with E-state index < -0.39 is 11.9 Å². The van der Waals surface area contributed by atoms with E-state index in [1.165, 1.54) is 5.56 Å². The lowest BCUT2D eigenvalue weighted by molar-refractivity contribution is -0.138. The van der Waals surface area contributed by atoms with Gasteiger partial charge in [0.15, 0.2) is 0 Å². The first-order chi connectivity index (χ1) is 15.9. The van der Waals surface area contributed by atoms with Crippen molar-refractivity contribution in [3.8, 4) is 0 Å². The number of benzene rings is 2. The maximum atomic E-state index is 11.5. The van der Waals surface area contributed by atoms with Crippen molar-refractivity contribution >= 4 is 5.97 Å². The molecule has 33 heavy (non-hydrogen) atoms. The average Bonchev–Trinajstić information content (AvgIpc) is 2.82. The fourth-order valence-electron chi connectivity index (χ4n) is 4.77. The van der Waals surface area contributed by atoms with Gasteiger partial charge < -0.3 is 21.1 Å². The highest BCUT2D eigenvalue weighted by Gasteiger charge is 2.38. The van der Waals surface area contributed by atoms with Gasteiger partial charge in [-0.2, -0.15) is 0 Å². The van der Waals surface area contributed by atoms with Crippen molar-refractivity contribution in [3.63, 3.8) is 0 Å². The van der Waals surface area contributed by atoms with E-state index in [4.69, 9.17) is 0 Å². The van der Waals surface area contributed by atoms with Gasteiger partial charge in [-0.25, -0.2) is 0 Å². The fourth-order valence-corrected chi connectivity index (χ4v) is 4.77. The van der Waals surface area contributed by atoms with Crippen LogP contribution in [0.1, 0.15) is 48.1 Å². The summed E-state index contributed by atoms with van der Waals surface area (Å²) in [5.41, 5.74) is 5.12.